The molecular weight excluding hydrogens is 256 g/mol. The van der Waals surface area contributed by atoms with Crippen molar-refractivity contribution in [2.75, 3.05) is 27.3 Å². The van der Waals surface area contributed by atoms with Crippen molar-refractivity contribution >= 4 is 5.91 Å². The summed E-state index contributed by atoms with van der Waals surface area (Å²) in [6, 6.07) is 5.43. The quantitative estimate of drug-likeness (QED) is 0.875. The lowest BCUT2D eigenvalue weighted by Crippen LogP contribution is -2.48. The molecule has 0 aromatic heterocycles. The molecule has 1 saturated heterocycles. The van der Waals surface area contributed by atoms with Crippen LogP contribution in [0.3, 0.4) is 0 Å². The SMILES string of the molecule is COc1ccc(C(=O)N[C@H]2CCNC[C@@H]2C)c(OC)c1. The summed E-state index contributed by atoms with van der Waals surface area (Å²) in [4.78, 5) is 12.4. The third-order valence-electron chi connectivity index (χ3n) is 3.76. The number of ether oxygens (including phenoxy) is 2. The molecule has 0 bridgehead atoms. The van der Waals surface area contributed by atoms with Gasteiger partial charge in [-0.05, 0) is 37.6 Å². The van der Waals surface area contributed by atoms with Crippen molar-refractivity contribution in [3.05, 3.63) is 23.8 Å². The monoisotopic (exact) mass is 278 g/mol. The highest BCUT2D eigenvalue weighted by atomic mass is 16.5. The average molecular weight is 278 g/mol. The molecule has 1 heterocycles. The van der Waals surface area contributed by atoms with E-state index in [1.54, 1.807) is 32.4 Å². The number of nitrogens with one attached hydrogen (secondary N) is 2. The minimum absolute atomic E-state index is 0.0942. The van der Waals surface area contributed by atoms with Gasteiger partial charge in [-0.3, -0.25) is 4.79 Å². The maximum atomic E-state index is 12.4. The Morgan fingerprint density at radius 2 is 2.15 bits per heavy atom. The largest absolute Gasteiger partial charge is 0.497 e. The van der Waals surface area contributed by atoms with Crippen molar-refractivity contribution in [1.82, 2.24) is 10.6 Å². The number of carbonyl (C=O) groups excluding carboxylic acids is 1. The van der Waals surface area contributed by atoms with Gasteiger partial charge in [0.05, 0.1) is 19.8 Å². The predicted molar refractivity (Wildman–Crippen MR) is 77.5 cm³/mol. The topological polar surface area (TPSA) is 59.6 Å². The van der Waals surface area contributed by atoms with Gasteiger partial charge in [-0.2, -0.15) is 0 Å². The maximum absolute atomic E-state index is 12.4. The fourth-order valence-electron chi connectivity index (χ4n) is 2.46. The zero-order valence-corrected chi connectivity index (χ0v) is 12.2. The van der Waals surface area contributed by atoms with E-state index < -0.39 is 0 Å². The molecule has 5 nitrogen and oxygen atoms in total. The summed E-state index contributed by atoms with van der Waals surface area (Å²) in [5.41, 5.74) is 0.541. The minimum Gasteiger partial charge on any atom is -0.497 e. The van der Waals surface area contributed by atoms with Crippen molar-refractivity contribution in [3.63, 3.8) is 0 Å². The van der Waals surface area contributed by atoms with Gasteiger partial charge in [0.25, 0.3) is 5.91 Å². The number of methoxy groups -OCH3 is 2. The van der Waals surface area contributed by atoms with Gasteiger partial charge < -0.3 is 20.1 Å². The zero-order chi connectivity index (χ0) is 14.5. The van der Waals surface area contributed by atoms with E-state index in [4.69, 9.17) is 9.47 Å². The van der Waals surface area contributed by atoms with Crippen molar-refractivity contribution in [3.8, 4) is 11.5 Å². The first kappa shape index (κ1) is 14.7. The number of hydrogen-bond donors (Lipinski definition) is 2. The first-order chi connectivity index (χ1) is 9.65. The first-order valence-corrected chi connectivity index (χ1v) is 6.89. The molecular formula is C15H22N2O3. The lowest BCUT2D eigenvalue weighted by Gasteiger charge is -2.30. The first-order valence-electron chi connectivity index (χ1n) is 6.89. The van der Waals surface area contributed by atoms with Gasteiger partial charge in [0.1, 0.15) is 11.5 Å². The molecule has 2 rings (SSSR count). The van der Waals surface area contributed by atoms with E-state index in [9.17, 15) is 4.79 Å². The molecule has 0 spiro atoms. The van der Waals surface area contributed by atoms with Gasteiger partial charge in [0.15, 0.2) is 0 Å². The van der Waals surface area contributed by atoms with Crippen LogP contribution in [-0.4, -0.2) is 39.3 Å². The molecule has 0 unspecified atom stereocenters. The lowest BCUT2D eigenvalue weighted by molar-refractivity contribution is 0.0911. The molecule has 1 fully saturated rings. The Morgan fingerprint density at radius 3 is 2.80 bits per heavy atom. The Bertz CT molecular complexity index is 476. The van der Waals surface area contributed by atoms with Gasteiger partial charge >= 0.3 is 0 Å². The highest BCUT2D eigenvalue weighted by Gasteiger charge is 2.24. The van der Waals surface area contributed by atoms with Crippen LogP contribution in [0.1, 0.15) is 23.7 Å². The van der Waals surface area contributed by atoms with Crippen LogP contribution in [0.15, 0.2) is 18.2 Å². The Balaban J connectivity index is 2.12. The predicted octanol–water partition coefficient (Wildman–Crippen LogP) is 1.43. The smallest absolute Gasteiger partial charge is 0.255 e. The highest BCUT2D eigenvalue weighted by Crippen LogP contribution is 2.25. The van der Waals surface area contributed by atoms with Crippen LogP contribution in [0, 0.1) is 5.92 Å². The third kappa shape index (κ3) is 3.22. The molecule has 5 heteroatoms. The molecule has 1 aromatic rings. The minimum atomic E-state index is -0.0942. The second kappa shape index (κ2) is 6.61. The van der Waals surface area contributed by atoms with E-state index in [0.717, 1.165) is 19.5 Å². The van der Waals surface area contributed by atoms with E-state index in [1.165, 1.54) is 0 Å². The summed E-state index contributed by atoms with van der Waals surface area (Å²) < 4.78 is 10.4. The van der Waals surface area contributed by atoms with Crippen LogP contribution in [-0.2, 0) is 0 Å². The van der Waals surface area contributed by atoms with Crippen LogP contribution < -0.4 is 20.1 Å². The molecule has 20 heavy (non-hydrogen) atoms. The number of carbonyl (C=O) groups is 1. The molecule has 1 aromatic carbocycles. The van der Waals surface area contributed by atoms with E-state index in [-0.39, 0.29) is 11.9 Å². The van der Waals surface area contributed by atoms with Crippen LogP contribution in [0.25, 0.3) is 0 Å². The number of hydrogen-bond acceptors (Lipinski definition) is 4. The number of benzene rings is 1. The Morgan fingerprint density at radius 1 is 1.35 bits per heavy atom. The molecule has 0 saturated carbocycles. The van der Waals surface area contributed by atoms with E-state index in [1.807, 2.05) is 0 Å². The van der Waals surface area contributed by atoms with Crippen molar-refractivity contribution in [1.29, 1.82) is 0 Å². The third-order valence-corrected chi connectivity index (χ3v) is 3.76. The molecule has 0 radical (unpaired) electrons. The second-order valence-corrected chi connectivity index (χ2v) is 5.12. The highest BCUT2D eigenvalue weighted by molar-refractivity contribution is 5.97. The van der Waals surface area contributed by atoms with E-state index in [0.29, 0.717) is 23.0 Å². The summed E-state index contributed by atoms with van der Waals surface area (Å²) in [5, 5.41) is 6.42. The molecule has 2 N–H and O–H groups in total. The molecule has 1 aliphatic heterocycles. The number of rotatable bonds is 4. The Kier molecular flexibility index (Phi) is 4.84. The maximum Gasteiger partial charge on any atom is 0.255 e. The molecule has 0 aliphatic carbocycles. The number of piperidine rings is 1. The summed E-state index contributed by atoms with van der Waals surface area (Å²) in [6.45, 7) is 4.02. The summed E-state index contributed by atoms with van der Waals surface area (Å²) in [7, 11) is 3.14. The van der Waals surface area contributed by atoms with Crippen LogP contribution >= 0.6 is 0 Å². The standard InChI is InChI=1S/C15H22N2O3/c1-10-9-16-7-6-13(10)17-15(18)12-5-4-11(19-2)8-14(12)20-3/h4-5,8,10,13,16H,6-7,9H2,1-3H3,(H,17,18)/t10-,13-/m0/s1. The van der Waals surface area contributed by atoms with Gasteiger partial charge in [0, 0.05) is 12.1 Å². The van der Waals surface area contributed by atoms with Gasteiger partial charge in [-0.25, -0.2) is 0 Å². The average Bonchev–Trinajstić information content (AvgIpc) is 2.48. The molecule has 1 aliphatic rings. The van der Waals surface area contributed by atoms with Crippen molar-refractivity contribution in [2.24, 2.45) is 5.92 Å². The number of amides is 1. The van der Waals surface area contributed by atoms with Gasteiger partial charge in [-0.15, -0.1) is 0 Å². The fraction of sp³-hybridized carbons (Fsp3) is 0.533. The summed E-state index contributed by atoms with van der Waals surface area (Å²) in [5.74, 6) is 1.54. The summed E-state index contributed by atoms with van der Waals surface area (Å²) >= 11 is 0. The van der Waals surface area contributed by atoms with Gasteiger partial charge in [0.2, 0.25) is 0 Å². The zero-order valence-electron chi connectivity index (χ0n) is 12.2. The Hall–Kier alpha value is -1.75. The van der Waals surface area contributed by atoms with E-state index in [2.05, 4.69) is 17.6 Å². The molecule has 1 amide bonds. The van der Waals surface area contributed by atoms with Crippen molar-refractivity contribution in [2.45, 2.75) is 19.4 Å². The molecule has 110 valence electrons. The molecule has 2 atom stereocenters. The second-order valence-electron chi connectivity index (χ2n) is 5.12. The summed E-state index contributed by atoms with van der Waals surface area (Å²) in [6.07, 6.45) is 0.950. The van der Waals surface area contributed by atoms with Crippen LogP contribution in [0.4, 0.5) is 0 Å². The lowest BCUT2D eigenvalue weighted by atomic mass is 9.95. The van der Waals surface area contributed by atoms with Gasteiger partial charge in [-0.1, -0.05) is 6.92 Å². The fourth-order valence-corrected chi connectivity index (χ4v) is 2.46. The van der Waals surface area contributed by atoms with Crippen LogP contribution in [0.5, 0.6) is 11.5 Å². The Labute approximate surface area is 119 Å². The van der Waals surface area contributed by atoms with Crippen molar-refractivity contribution < 1.29 is 14.3 Å². The normalized spacial score (nSPS) is 22.1. The van der Waals surface area contributed by atoms with Crippen LogP contribution in [0.2, 0.25) is 0 Å². The van der Waals surface area contributed by atoms with E-state index >= 15 is 0 Å².